The number of morpholine rings is 1. The molecule has 1 aliphatic rings. The lowest BCUT2D eigenvalue weighted by Crippen LogP contribution is -2.40. The van der Waals surface area contributed by atoms with Gasteiger partial charge in [-0.25, -0.2) is 0 Å². The molecule has 0 aliphatic carbocycles. The molecule has 0 radical (unpaired) electrons. The molecule has 1 saturated heterocycles. The Labute approximate surface area is 135 Å². The van der Waals surface area contributed by atoms with Crippen LogP contribution in [0.5, 0.6) is 0 Å². The molecule has 1 fully saturated rings. The maximum absolute atomic E-state index is 12.5. The molecule has 1 amide bonds. The second-order valence-electron chi connectivity index (χ2n) is 5.64. The van der Waals surface area contributed by atoms with Crippen molar-refractivity contribution in [2.75, 3.05) is 31.6 Å². The lowest BCUT2D eigenvalue weighted by molar-refractivity contribution is 0.0303. The van der Waals surface area contributed by atoms with E-state index in [0.29, 0.717) is 38.4 Å². The Morgan fingerprint density at radius 1 is 1.30 bits per heavy atom. The minimum Gasteiger partial charge on any atom is -0.381 e. The maximum Gasteiger partial charge on any atom is 0.254 e. The summed E-state index contributed by atoms with van der Waals surface area (Å²) < 4.78 is 10.5. The zero-order valence-corrected chi connectivity index (χ0v) is 13.5. The number of ether oxygens (including phenoxy) is 1. The van der Waals surface area contributed by atoms with E-state index in [2.05, 4.69) is 10.5 Å². The molecule has 1 aromatic heterocycles. The van der Waals surface area contributed by atoms with E-state index in [4.69, 9.17) is 9.26 Å². The number of carbonyl (C=O) groups excluding carboxylic acids is 1. The lowest BCUT2D eigenvalue weighted by atomic mass is 10.1. The molecule has 23 heavy (non-hydrogen) atoms. The van der Waals surface area contributed by atoms with Gasteiger partial charge in [-0.3, -0.25) is 4.79 Å². The third-order valence-electron chi connectivity index (χ3n) is 4.06. The number of hydrogen-bond acceptors (Lipinski definition) is 5. The highest BCUT2D eigenvalue weighted by Gasteiger charge is 2.18. The van der Waals surface area contributed by atoms with Crippen LogP contribution in [0.25, 0.3) is 0 Å². The minimum atomic E-state index is 0.0503. The third-order valence-corrected chi connectivity index (χ3v) is 4.06. The van der Waals surface area contributed by atoms with Crippen LogP contribution in [0.2, 0.25) is 0 Å². The molecule has 122 valence electrons. The first-order valence-electron chi connectivity index (χ1n) is 7.78. The predicted octanol–water partition coefficient (Wildman–Crippen LogP) is 2.38. The van der Waals surface area contributed by atoms with E-state index in [1.807, 2.05) is 43.0 Å². The van der Waals surface area contributed by atoms with Gasteiger partial charge in [0.25, 0.3) is 5.91 Å². The van der Waals surface area contributed by atoms with Crippen LogP contribution in [-0.2, 0) is 11.3 Å². The summed E-state index contributed by atoms with van der Waals surface area (Å²) in [5.41, 5.74) is 3.53. The molecular formula is C17H21N3O3. The Balaban J connectivity index is 1.68. The number of carbonyl (C=O) groups is 1. The number of hydrogen-bond donors (Lipinski definition) is 1. The van der Waals surface area contributed by atoms with E-state index in [-0.39, 0.29) is 5.91 Å². The second kappa shape index (κ2) is 6.83. The van der Waals surface area contributed by atoms with Crippen molar-refractivity contribution < 1.29 is 14.1 Å². The molecule has 6 nitrogen and oxygen atoms in total. The van der Waals surface area contributed by atoms with Crippen LogP contribution in [0.1, 0.15) is 27.4 Å². The van der Waals surface area contributed by atoms with E-state index in [9.17, 15) is 4.79 Å². The van der Waals surface area contributed by atoms with Gasteiger partial charge in [0.15, 0.2) is 0 Å². The highest BCUT2D eigenvalue weighted by Crippen LogP contribution is 2.17. The van der Waals surface area contributed by atoms with Crippen LogP contribution in [0, 0.1) is 13.8 Å². The number of benzene rings is 1. The summed E-state index contributed by atoms with van der Waals surface area (Å²) in [7, 11) is 0. The Morgan fingerprint density at radius 3 is 2.78 bits per heavy atom. The molecule has 1 aromatic carbocycles. The standard InChI is InChI=1S/C17H21N3O3/c1-12-16(13(2)23-19-12)11-18-15-5-3-4-14(10-15)17(21)20-6-8-22-9-7-20/h3-5,10,18H,6-9,11H2,1-2H3. The summed E-state index contributed by atoms with van der Waals surface area (Å²) in [5.74, 6) is 0.866. The number of rotatable bonds is 4. The van der Waals surface area contributed by atoms with Gasteiger partial charge in [0.2, 0.25) is 0 Å². The molecule has 0 spiro atoms. The Morgan fingerprint density at radius 2 is 2.09 bits per heavy atom. The fourth-order valence-electron chi connectivity index (χ4n) is 2.66. The predicted molar refractivity (Wildman–Crippen MR) is 86.5 cm³/mol. The highest BCUT2D eigenvalue weighted by atomic mass is 16.5. The zero-order valence-electron chi connectivity index (χ0n) is 13.5. The Bertz CT molecular complexity index is 671. The fraction of sp³-hybridized carbons (Fsp3) is 0.412. The smallest absolute Gasteiger partial charge is 0.254 e. The van der Waals surface area contributed by atoms with Crippen LogP contribution in [-0.4, -0.2) is 42.3 Å². The van der Waals surface area contributed by atoms with Crippen LogP contribution in [0.3, 0.4) is 0 Å². The summed E-state index contributed by atoms with van der Waals surface area (Å²) in [6.07, 6.45) is 0. The summed E-state index contributed by atoms with van der Waals surface area (Å²) in [6.45, 7) is 6.95. The summed E-state index contributed by atoms with van der Waals surface area (Å²) in [6, 6.07) is 7.58. The van der Waals surface area contributed by atoms with E-state index >= 15 is 0 Å². The van der Waals surface area contributed by atoms with Crippen LogP contribution >= 0.6 is 0 Å². The fourth-order valence-corrected chi connectivity index (χ4v) is 2.66. The highest BCUT2D eigenvalue weighted by molar-refractivity contribution is 5.95. The van der Waals surface area contributed by atoms with Gasteiger partial charge >= 0.3 is 0 Å². The molecule has 1 N–H and O–H groups in total. The Hall–Kier alpha value is -2.34. The van der Waals surface area contributed by atoms with E-state index in [1.54, 1.807) is 0 Å². The maximum atomic E-state index is 12.5. The molecule has 3 rings (SSSR count). The van der Waals surface area contributed by atoms with E-state index in [1.165, 1.54) is 0 Å². The number of aryl methyl sites for hydroxylation is 2. The van der Waals surface area contributed by atoms with Gasteiger partial charge in [0.05, 0.1) is 18.9 Å². The number of aromatic nitrogens is 1. The lowest BCUT2D eigenvalue weighted by Gasteiger charge is -2.27. The Kier molecular flexibility index (Phi) is 4.62. The van der Waals surface area contributed by atoms with Crippen molar-refractivity contribution in [2.24, 2.45) is 0 Å². The van der Waals surface area contributed by atoms with Gasteiger partial charge in [-0.2, -0.15) is 0 Å². The number of amides is 1. The van der Waals surface area contributed by atoms with Crippen molar-refractivity contribution in [1.29, 1.82) is 0 Å². The second-order valence-corrected chi connectivity index (χ2v) is 5.64. The number of nitrogens with zero attached hydrogens (tertiary/aromatic N) is 2. The van der Waals surface area contributed by atoms with Gasteiger partial charge in [-0.1, -0.05) is 11.2 Å². The first-order valence-corrected chi connectivity index (χ1v) is 7.78. The summed E-state index contributed by atoms with van der Waals surface area (Å²) in [5, 5.41) is 7.28. The van der Waals surface area contributed by atoms with Crippen molar-refractivity contribution in [3.63, 3.8) is 0 Å². The van der Waals surface area contributed by atoms with Crippen LogP contribution in [0.4, 0.5) is 5.69 Å². The minimum absolute atomic E-state index is 0.0503. The SMILES string of the molecule is Cc1noc(C)c1CNc1cccc(C(=O)N2CCOCC2)c1. The molecule has 0 saturated carbocycles. The van der Waals surface area contributed by atoms with E-state index in [0.717, 1.165) is 22.7 Å². The molecule has 2 heterocycles. The number of anilines is 1. The van der Waals surface area contributed by atoms with Crippen molar-refractivity contribution in [3.8, 4) is 0 Å². The van der Waals surface area contributed by atoms with Crippen molar-refractivity contribution in [2.45, 2.75) is 20.4 Å². The third kappa shape index (κ3) is 3.53. The van der Waals surface area contributed by atoms with Gasteiger partial charge in [0, 0.05) is 36.4 Å². The normalized spacial score (nSPS) is 14.8. The van der Waals surface area contributed by atoms with Gasteiger partial charge < -0.3 is 19.5 Å². The monoisotopic (exact) mass is 315 g/mol. The molecule has 2 aromatic rings. The molecule has 1 aliphatic heterocycles. The van der Waals surface area contributed by atoms with Crippen LogP contribution < -0.4 is 5.32 Å². The van der Waals surface area contributed by atoms with Crippen LogP contribution in [0.15, 0.2) is 28.8 Å². The van der Waals surface area contributed by atoms with E-state index < -0.39 is 0 Å². The molecule has 0 atom stereocenters. The average molecular weight is 315 g/mol. The summed E-state index contributed by atoms with van der Waals surface area (Å²) in [4.78, 5) is 14.3. The van der Waals surface area contributed by atoms with Crippen molar-refractivity contribution in [3.05, 3.63) is 46.8 Å². The topological polar surface area (TPSA) is 67.6 Å². The first kappa shape index (κ1) is 15.6. The van der Waals surface area contributed by atoms with Gasteiger partial charge in [0.1, 0.15) is 5.76 Å². The molecular weight excluding hydrogens is 294 g/mol. The molecule has 6 heteroatoms. The van der Waals surface area contributed by atoms with Crippen molar-refractivity contribution >= 4 is 11.6 Å². The van der Waals surface area contributed by atoms with Gasteiger partial charge in [-0.15, -0.1) is 0 Å². The average Bonchev–Trinajstić information content (AvgIpc) is 2.91. The molecule has 0 unspecified atom stereocenters. The number of nitrogens with one attached hydrogen (secondary N) is 1. The quantitative estimate of drug-likeness (QED) is 0.938. The first-order chi connectivity index (χ1) is 11.1. The van der Waals surface area contributed by atoms with Crippen molar-refractivity contribution in [1.82, 2.24) is 10.1 Å². The summed E-state index contributed by atoms with van der Waals surface area (Å²) >= 11 is 0. The molecule has 0 bridgehead atoms. The zero-order chi connectivity index (χ0) is 16.2. The van der Waals surface area contributed by atoms with Gasteiger partial charge in [-0.05, 0) is 32.0 Å². The largest absolute Gasteiger partial charge is 0.381 e.